The van der Waals surface area contributed by atoms with Crippen LogP contribution in [-0.4, -0.2) is 44.3 Å². The van der Waals surface area contributed by atoms with E-state index in [4.69, 9.17) is 4.74 Å². The number of benzene rings is 4. The number of amides is 2. The number of carbonyl (C=O) groups excluding carboxylic acids is 2. The Balaban J connectivity index is 1.51. The van der Waals surface area contributed by atoms with Crippen molar-refractivity contribution in [1.82, 2.24) is 10.2 Å². The fourth-order valence-electron chi connectivity index (χ4n) is 4.43. The van der Waals surface area contributed by atoms with E-state index in [-0.39, 0.29) is 41.3 Å². The molecule has 1 atom stereocenters. The first-order valence-electron chi connectivity index (χ1n) is 14.3. The molecule has 0 aliphatic rings. The molecular weight excluding hydrogens is 581 g/mol. The summed E-state index contributed by atoms with van der Waals surface area (Å²) in [5.41, 5.74) is 1.99. The van der Waals surface area contributed by atoms with Gasteiger partial charge in [0.15, 0.2) is 6.61 Å². The van der Waals surface area contributed by atoms with Crippen molar-refractivity contribution in [1.29, 1.82) is 0 Å². The van der Waals surface area contributed by atoms with E-state index in [9.17, 15) is 22.4 Å². The Hall–Kier alpha value is -4.70. The van der Waals surface area contributed by atoms with Crippen LogP contribution in [0.1, 0.15) is 25.0 Å². The summed E-state index contributed by atoms with van der Waals surface area (Å²) in [6.07, 6.45) is 0.316. The van der Waals surface area contributed by atoms with Gasteiger partial charge in [0.1, 0.15) is 17.6 Å². The van der Waals surface area contributed by atoms with Crippen LogP contribution in [0.5, 0.6) is 5.75 Å². The van der Waals surface area contributed by atoms with Gasteiger partial charge in [-0.1, -0.05) is 74.5 Å². The Kier molecular flexibility index (Phi) is 11.1. The Labute approximate surface area is 257 Å². The highest BCUT2D eigenvalue weighted by Crippen LogP contribution is 2.21. The van der Waals surface area contributed by atoms with Gasteiger partial charge < -0.3 is 15.0 Å². The van der Waals surface area contributed by atoms with E-state index in [1.807, 2.05) is 74.5 Å². The summed E-state index contributed by atoms with van der Waals surface area (Å²) < 4.78 is 46.9. The number of nitrogens with zero attached hydrogens (tertiary/aromatic N) is 1. The minimum absolute atomic E-state index is 0.0315. The lowest BCUT2D eigenvalue weighted by Gasteiger charge is -2.31. The number of ether oxygens (including phenoxy) is 1. The molecule has 0 saturated heterocycles. The van der Waals surface area contributed by atoms with Gasteiger partial charge in [-0.3, -0.25) is 14.3 Å². The van der Waals surface area contributed by atoms with Crippen LogP contribution in [0.15, 0.2) is 114 Å². The predicted molar refractivity (Wildman–Crippen MR) is 168 cm³/mol. The van der Waals surface area contributed by atoms with Crippen LogP contribution in [0.4, 0.5) is 10.1 Å². The minimum atomic E-state index is -3.93. The first-order chi connectivity index (χ1) is 21.1. The van der Waals surface area contributed by atoms with E-state index in [0.717, 1.165) is 23.3 Å². The van der Waals surface area contributed by atoms with Gasteiger partial charge in [0, 0.05) is 25.2 Å². The summed E-state index contributed by atoms with van der Waals surface area (Å²) in [6, 6.07) is 28.7. The molecule has 0 aromatic heterocycles. The molecular formula is C34H36FN3O5S. The molecule has 44 heavy (non-hydrogen) atoms. The van der Waals surface area contributed by atoms with Crippen molar-refractivity contribution in [3.63, 3.8) is 0 Å². The maximum absolute atomic E-state index is 13.7. The van der Waals surface area contributed by atoms with Crippen molar-refractivity contribution in [2.45, 2.75) is 37.8 Å². The second-order valence-electron chi connectivity index (χ2n) is 10.7. The Bertz CT molecular complexity index is 1620. The largest absolute Gasteiger partial charge is 0.484 e. The van der Waals surface area contributed by atoms with Crippen molar-refractivity contribution < 1.29 is 27.1 Å². The monoisotopic (exact) mass is 617 g/mol. The van der Waals surface area contributed by atoms with Gasteiger partial charge in [-0.25, -0.2) is 12.8 Å². The van der Waals surface area contributed by atoms with E-state index >= 15 is 0 Å². The van der Waals surface area contributed by atoms with Crippen LogP contribution in [-0.2, 0) is 32.6 Å². The number of halogens is 1. The second-order valence-corrected chi connectivity index (χ2v) is 12.4. The molecule has 0 heterocycles. The molecule has 8 nitrogen and oxygen atoms in total. The number of hydrogen-bond donors (Lipinski definition) is 2. The van der Waals surface area contributed by atoms with Gasteiger partial charge in [-0.15, -0.1) is 0 Å². The lowest BCUT2D eigenvalue weighted by molar-refractivity contribution is -0.142. The summed E-state index contributed by atoms with van der Waals surface area (Å²) in [6.45, 7) is 4.31. The SMILES string of the molecule is CC(C)CNC(=O)[C@H](Cc1ccccc1)N(Cc1ccccc1)C(=O)COc1ccc(S(=O)(=O)Nc2ccc(F)cc2)cc1. The number of nitrogens with one attached hydrogen (secondary N) is 2. The Morgan fingerprint density at radius 1 is 0.818 bits per heavy atom. The van der Waals surface area contributed by atoms with Crippen LogP contribution in [0.25, 0.3) is 0 Å². The van der Waals surface area contributed by atoms with Crippen LogP contribution in [0.3, 0.4) is 0 Å². The predicted octanol–water partition coefficient (Wildman–Crippen LogP) is 5.42. The Morgan fingerprint density at radius 2 is 1.41 bits per heavy atom. The summed E-state index contributed by atoms with van der Waals surface area (Å²) in [5.74, 6) is -0.619. The molecule has 0 unspecified atom stereocenters. The average molecular weight is 618 g/mol. The number of carbonyl (C=O) groups is 2. The van der Waals surface area contributed by atoms with Crippen LogP contribution in [0, 0.1) is 11.7 Å². The summed E-state index contributed by atoms with van der Waals surface area (Å²) in [5, 5.41) is 2.98. The highest BCUT2D eigenvalue weighted by atomic mass is 32.2. The quantitative estimate of drug-likeness (QED) is 0.197. The number of anilines is 1. The fraction of sp³-hybridized carbons (Fsp3) is 0.235. The molecule has 4 aromatic carbocycles. The topological polar surface area (TPSA) is 105 Å². The van der Waals surface area contributed by atoms with E-state index in [0.29, 0.717) is 13.0 Å². The molecule has 0 aliphatic carbocycles. The molecule has 230 valence electrons. The number of hydrogen-bond acceptors (Lipinski definition) is 5. The lowest BCUT2D eigenvalue weighted by atomic mass is 10.0. The molecule has 0 radical (unpaired) electrons. The first-order valence-corrected chi connectivity index (χ1v) is 15.8. The van der Waals surface area contributed by atoms with Crippen molar-refractivity contribution in [3.05, 3.63) is 126 Å². The van der Waals surface area contributed by atoms with Crippen molar-refractivity contribution in [2.24, 2.45) is 5.92 Å². The maximum Gasteiger partial charge on any atom is 0.261 e. The van der Waals surface area contributed by atoms with Crippen molar-refractivity contribution >= 4 is 27.5 Å². The second kappa shape index (κ2) is 15.2. The van der Waals surface area contributed by atoms with Crippen LogP contribution in [0.2, 0.25) is 0 Å². The summed E-state index contributed by atoms with van der Waals surface area (Å²) >= 11 is 0. The van der Waals surface area contributed by atoms with Gasteiger partial charge in [-0.2, -0.15) is 0 Å². The Morgan fingerprint density at radius 3 is 2.00 bits per heavy atom. The maximum atomic E-state index is 13.7. The zero-order valence-corrected chi connectivity index (χ0v) is 25.5. The van der Waals surface area contributed by atoms with E-state index in [2.05, 4.69) is 10.0 Å². The molecule has 0 saturated carbocycles. The zero-order chi connectivity index (χ0) is 31.5. The molecule has 0 spiro atoms. The van der Waals surface area contributed by atoms with E-state index in [1.54, 1.807) is 0 Å². The standard InChI is InChI=1S/C34H36FN3O5S/c1-25(2)22-36-34(40)32(21-26-9-5-3-6-10-26)38(23-27-11-7-4-8-12-27)33(39)24-43-30-17-19-31(20-18-30)44(41,42)37-29-15-13-28(35)14-16-29/h3-20,25,32,37H,21-24H2,1-2H3,(H,36,40)/t32-/m0/s1. The third-order valence-electron chi connectivity index (χ3n) is 6.74. The minimum Gasteiger partial charge on any atom is -0.484 e. The normalized spacial score (nSPS) is 11.9. The zero-order valence-electron chi connectivity index (χ0n) is 24.7. The molecule has 0 bridgehead atoms. The van der Waals surface area contributed by atoms with Gasteiger partial charge in [0.05, 0.1) is 4.90 Å². The number of sulfonamides is 1. The molecule has 2 amide bonds. The third kappa shape index (κ3) is 9.40. The molecule has 4 rings (SSSR count). The molecule has 4 aromatic rings. The van der Waals surface area contributed by atoms with Gasteiger partial charge in [0.25, 0.3) is 15.9 Å². The lowest BCUT2D eigenvalue weighted by Crippen LogP contribution is -2.52. The summed E-state index contributed by atoms with van der Waals surface area (Å²) in [7, 11) is -3.93. The number of rotatable bonds is 14. The molecule has 10 heteroatoms. The highest BCUT2D eigenvalue weighted by molar-refractivity contribution is 7.92. The van der Waals surface area contributed by atoms with Gasteiger partial charge in [0.2, 0.25) is 5.91 Å². The third-order valence-corrected chi connectivity index (χ3v) is 8.14. The molecule has 0 aliphatic heterocycles. The average Bonchev–Trinajstić information content (AvgIpc) is 3.02. The molecule has 2 N–H and O–H groups in total. The fourth-order valence-corrected chi connectivity index (χ4v) is 5.49. The van der Waals surface area contributed by atoms with Crippen molar-refractivity contribution in [2.75, 3.05) is 17.9 Å². The van der Waals surface area contributed by atoms with Crippen molar-refractivity contribution in [3.8, 4) is 5.75 Å². The highest BCUT2D eigenvalue weighted by Gasteiger charge is 2.30. The van der Waals surface area contributed by atoms with Crippen LogP contribution < -0.4 is 14.8 Å². The van der Waals surface area contributed by atoms with E-state index < -0.39 is 27.8 Å². The van der Waals surface area contributed by atoms with Gasteiger partial charge in [-0.05, 0) is 65.6 Å². The van der Waals surface area contributed by atoms with E-state index in [1.165, 1.54) is 41.3 Å². The smallest absolute Gasteiger partial charge is 0.261 e. The van der Waals surface area contributed by atoms with Crippen LogP contribution >= 0.6 is 0 Å². The first kappa shape index (κ1) is 32.2. The van der Waals surface area contributed by atoms with Gasteiger partial charge >= 0.3 is 0 Å². The summed E-state index contributed by atoms with van der Waals surface area (Å²) in [4.78, 5) is 28.8. The molecule has 0 fully saturated rings.